The second-order valence-electron chi connectivity index (χ2n) is 5.99. The monoisotopic (exact) mass is 296 g/mol. The molecule has 0 aliphatic rings. The Bertz CT molecular complexity index is 588. The fourth-order valence-electron chi connectivity index (χ4n) is 2.23. The Morgan fingerprint density at radius 3 is 2.55 bits per heavy atom. The van der Waals surface area contributed by atoms with Crippen molar-refractivity contribution < 1.29 is 9.47 Å². The Labute approximate surface area is 133 Å². The van der Waals surface area contributed by atoms with Crippen LogP contribution < -0.4 is 4.74 Å². The molecule has 0 heterocycles. The summed E-state index contributed by atoms with van der Waals surface area (Å²) in [5.41, 5.74) is 2.32. The van der Waals surface area contributed by atoms with Crippen LogP contribution >= 0.6 is 0 Å². The summed E-state index contributed by atoms with van der Waals surface area (Å²) in [5.74, 6) is 0.887. The summed E-state index contributed by atoms with van der Waals surface area (Å²) < 4.78 is 11.5. The van der Waals surface area contributed by atoms with E-state index in [0.717, 1.165) is 5.75 Å². The minimum absolute atomic E-state index is 0.0604. The van der Waals surface area contributed by atoms with Gasteiger partial charge in [0.1, 0.15) is 12.4 Å². The lowest BCUT2D eigenvalue weighted by molar-refractivity contribution is 0.117. The molecule has 0 N–H and O–H groups in total. The average molecular weight is 296 g/mol. The first-order chi connectivity index (χ1) is 10.6. The molecular weight excluding hydrogens is 272 g/mol. The van der Waals surface area contributed by atoms with Crippen molar-refractivity contribution in [1.82, 2.24) is 0 Å². The molecule has 2 aromatic rings. The highest BCUT2D eigenvalue weighted by atomic mass is 16.5. The van der Waals surface area contributed by atoms with E-state index in [2.05, 4.69) is 44.7 Å². The lowest BCUT2D eigenvalue weighted by Crippen LogP contribution is -2.24. The molecule has 0 aliphatic heterocycles. The van der Waals surface area contributed by atoms with Crippen LogP contribution in [0, 0.1) is 0 Å². The molecule has 0 radical (unpaired) electrons. The van der Waals surface area contributed by atoms with E-state index in [0.29, 0.717) is 19.8 Å². The average Bonchev–Trinajstić information content (AvgIpc) is 2.54. The molecule has 2 heteroatoms. The van der Waals surface area contributed by atoms with Gasteiger partial charge in [0.15, 0.2) is 0 Å². The van der Waals surface area contributed by atoms with Gasteiger partial charge in [0.05, 0.1) is 13.2 Å². The standard InChI is InChI=1S/C20H24O2/c1-4-13-21-16-20(2,3)18-11-8-12-19(14-18)22-15-17-9-6-5-7-10-17/h4-12,14H,1,13,15-16H2,2-3H3. The van der Waals surface area contributed by atoms with E-state index < -0.39 is 0 Å². The van der Waals surface area contributed by atoms with Gasteiger partial charge in [-0.2, -0.15) is 0 Å². The molecule has 0 amide bonds. The lowest BCUT2D eigenvalue weighted by atomic mass is 9.85. The van der Waals surface area contributed by atoms with Crippen molar-refractivity contribution >= 4 is 0 Å². The van der Waals surface area contributed by atoms with Crippen LogP contribution in [-0.2, 0) is 16.8 Å². The molecule has 2 nitrogen and oxygen atoms in total. The predicted octanol–water partition coefficient (Wildman–Crippen LogP) is 4.75. The topological polar surface area (TPSA) is 18.5 Å². The summed E-state index contributed by atoms with van der Waals surface area (Å²) in [6, 6.07) is 18.4. The van der Waals surface area contributed by atoms with Crippen LogP contribution in [0.3, 0.4) is 0 Å². The zero-order chi connectivity index (χ0) is 15.8. The van der Waals surface area contributed by atoms with E-state index >= 15 is 0 Å². The molecule has 0 saturated carbocycles. The number of hydrogen-bond donors (Lipinski definition) is 0. The fourth-order valence-corrected chi connectivity index (χ4v) is 2.23. The highest BCUT2D eigenvalue weighted by Gasteiger charge is 2.21. The van der Waals surface area contributed by atoms with Gasteiger partial charge < -0.3 is 9.47 Å². The van der Waals surface area contributed by atoms with Crippen LogP contribution in [0.15, 0.2) is 67.3 Å². The predicted molar refractivity (Wildman–Crippen MR) is 91.3 cm³/mol. The van der Waals surface area contributed by atoms with Crippen molar-refractivity contribution in [2.75, 3.05) is 13.2 Å². The van der Waals surface area contributed by atoms with Gasteiger partial charge in [-0.3, -0.25) is 0 Å². The molecule has 0 spiro atoms. The maximum absolute atomic E-state index is 5.90. The van der Waals surface area contributed by atoms with Crippen molar-refractivity contribution in [2.45, 2.75) is 25.9 Å². The molecule has 22 heavy (non-hydrogen) atoms. The molecule has 0 bridgehead atoms. The van der Waals surface area contributed by atoms with E-state index in [1.165, 1.54) is 11.1 Å². The highest BCUT2D eigenvalue weighted by molar-refractivity contribution is 5.33. The molecule has 2 aromatic carbocycles. The van der Waals surface area contributed by atoms with Crippen molar-refractivity contribution in [3.05, 3.63) is 78.4 Å². The van der Waals surface area contributed by atoms with Gasteiger partial charge in [0.25, 0.3) is 0 Å². The second kappa shape index (κ2) is 7.81. The fraction of sp³-hybridized carbons (Fsp3) is 0.300. The van der Waals surface area contributed by atoms with Gasteiger partial charge in [-0.25, -0.2) is 0 Å². The highest BCUT2D eigenvalue weighted by Crippen LogP contribution is 2.27. The van der Waals surface area contributed by atoms with Crippen LogP contribution in [0.1, 0.15) is 25.0 Å². The van der Waals surface area contributed by atoms with Gasteiger partial charge in [-0.1, -0.05) is 62.4 Å². The molecule has 0 saturated heterocycles. The summed E-state index contributed by atoms with van der Waals surface area (Å²) >= 11 is 0. The third kappa shape index (κ3) is 4.74. The van der Waals surface area contributed by atoms with Crippen molar-refractivity contribution in [2.24, 2.45) is 0 Å². The third-order valence-electron chi connectivity index (χ3n) is 3.56. The number of ether oxygens (including phenoxy) is 2. The van der Waals surface area contributed by atoms with Crippen LogP contribution in [0.5, 0.6) is 5.75 Å². The Hall–Kier alpha value is -2.06. The van der Waals surface area contributed by atoms with Crippen molar-refractivity contribution in [1.29, 1.82) is 0 Å². The normalized spacial score (nSPS) is 11.2. The maximum atomic E-state index is 5.90. The van der Waals surface area contributed by atoms with Gasteiger partial charge in [0.2, 0.25) is 0 Å². The molecule has 0 fully saturated rings. The molecule has 0 aliphatic carbocycles. The van der Waals surface area contributed by atoms with Gasteiger partial charge >= 0.3 is 0 Å². The summed E-state index contributed by atoms with van der Waals surface area (Å²) in [5, 5.41) is 0. The Kier molecular flexibility index (Phi) is 5.79. The molecule has 116 valence electrons. The van der Waals surface area contributed by atoms with Crippen molar-refractivity contribution in [3.8, 4) is 5.75 Å². The van der Waals surface area contributed by atoms with Crippen LogP contribution in [0.25, 0.3) is 0 Å². The zero-order valence-corrected chi connectivity index (χ0v) is 13.4. The molecule has 0 unspecified atom stereocenters. The Balaban J connectivity index is 2.01. The quantitative estimate of drug-likeness (QED) is 0.517. The first-order valence-electron chi connectivity index (χ1n) is 7.58. The van der Waals surface area contributed by atoms with Gasteiger partial charge in [0, 0.05) is 5.41 Å². The molecular formula is C20H24O2. The summed E-state index contributed by atoms with van der Waals surface area (Å²) in [4.78, 5) is 0. The Morgan fingerprint density at radius 2 is 1.82 bits per heavy atom. The van der Waals surface area contributed by atoms with Crippen LogP contribution in [-0.4, -0.2) is 13.2 Å². The summed E-state index contributed by atoms with van der Waals surface area (Å²) in [7, 11) is 0. The van der Waals surface area contributed by atoms with E-state index in [4.69, 9.17) is 9.47 Å². The number of rotatable bonds is 8. The minimum atomic E-state index is -0.0604. The summed E-state index contributed by atoms with van der Waals surface area (Å²) in [6.07, 6.45) is 1.77. The lowest BCUT2D eigenvalue weighted by Gasteiger charge is -2.25. The smallest absolute Gasteiger partial charge is 0.120 e. The van der Waals surface area contributed by atoms with Gasteiger partial charge in [-0.15, -0.1) is 6.58 Å². The minimum Gasteiger partial charge on any atom is -0.489 e. The molecule has 0 aromatic heterocycles. The maximum Gasteiger partial charge on any atom is 0.120 e. The summed E-state index contributed by atoms with van der Waals surface area (Å²) in [6.45, 7) is 9.83. The number of benzene rings is 2. The van der Waals surface area contributed by atoms with E-state index in [9.17, 15) is 0 Å². The first-order valence-corrected chi connectivity index (χ1v) is 7.58. The van der Waals surface area contributed by atoms with Crippen LogP contribution in [0.4, 0.5) is 0 Å². The van der Waals surface area contributed by atoms with E-state index in [-0.39, 0.29) is 5.41 Å². The zero-order valence-electron chi connectivity index (χ0n) is 13.4. The van der Waals surface area contributed by atoms with E-state index in [1.807, 2.05) is 30.3 Å². The third-order valence-corrected chi connectivity index (χ3v) is 3.56. The molecule has 0 atom stereocenters. The van der Waals surface area contributed by atoms with E-state index in [1.54, 1.807) is 6.08 Å². The van der Waals surface area contributed by atoms with Crippen LogP contribution in [0.2, 0.25) is 0 Å². The SMILES string of the molecule is C=CCOCC(C)(C)c1cccc(OCc2ccccc2)c1. The number of hydrogen-bond acceptors (Lipinski definition) is 2. The van der Waals surface area contributed by atoms with Crippen molar-refractivity contribution in [3.63, 3.8) is 0 Å². The largest absolute Gasteiger partial charge is 0.489 e. The first kappa shape index (κ1) is 16.3. The molecule has 2 rings (SSSR count). The Morgan fingerprint density at radius 1 is 1.05 bits per heavy atom. The second-order valence-corrected chi connectivity index (χ2v) is 5.99. The van der Waals surface area contributed by atoms with Gasteiger partial charge in [-0.05, 0) is 23.3 Å².